The third kappa shape index (κ3) is 4.01. The lowest BCUT2D eigenvalue weighted by atomic mass is 10.2. The molecular formula is C11H19N3O3S. The minimum absolute atomic E-state index is 0.149. The van der Waals surface area contributed by atoms with Crippen LogP contribution in [0.4, 0.5) is 0 Å². The zero-order chi connectivity index (χ0) is 13.9. The van der Waals surface area contributed by atoms with Crippen molar-refractivity contribution in [1.29, 1.82) is 0 Å². The van der Waals surface area contributed by atoms with Crippen molar-refractivity contribution in [2.75, 3.05) is 0 Å². The summed E-state index contributed by atoms with van der Waals surface area (Å²) in [6.45, 7) is 6.98. The minimum Gasteiger partial charge on any atom is -0.366 e. The standard InChI is InChI=1S/C11H19N3O3S/c1-7(2)17-10(9(4)18(12,15)16)11-13-5-8(3)6-14-11/h5-7,9-10H,1-4H3,(H2,12,15,16)/t9-,10+/m1/s1. The van der Waals surface area contributed by atoms with Gasteiger partial charge in [-0.15, -0.1) is 0 Å². The molecule has 0 saturated heterocycles. The van der Waals surface area contributed by atoms with Crippen LogP contribution in [-0.4, -0.2) is 29.7 Å². The lowest BCUT2D eigenvalue weighted by Gasteiger charge is -2.23. The van der Waals surface area contributed by atoms with Crippen molar-refractivity contribution < 1.29 is 13.2 Å². The van der Waals surface area contributed by atoms with Crippen LogP contribution in [0.25, 0.3) is 0 Å². The Morgan fingerprint density at radius 2 is 1.72 bits per heavy atom. The predicted octanol–water partition coefficient (Wildman–Crippen LogP) is 0.928. The molecule has 1 rings (SSSR count). The van der Waals surface area contributed by atoms with E-state index in [0.717, 1.165) is 5.56 Å². The number of aromatic nitrogens is 2. The number of primary sulfonamides is 1. The van der Waals surface area contributed by atoms with Crippen LogP contribution < -0.4 is 5.14 Å². The van der Waals surface area contributed by atoms with Gasteiger partial charge in [0.1, 0.15) is 11.4 Å². The summed E-state index contributed by atoms with van der Waals surface area (Å²) in [4.78, 5) is 8.22. The Labute approximate surface area is 108 Å². The molecule has 0 radical (unpaired) electrons. The molecule has 0 saturated carbocycles. The topological polar surface area (TPSA) is 95.2 Å². The van der Waals surface area contributed by atoms with Gasteiger partial charge in [0, 0.05) is 12.4 Å². The van der Waals surface area contributed by atoms with E-state index in [-0.39, 0.29) is 6.10 Å². The molecule has 7 heteroatoms. The summed E-state index contributed by atoms with van der Waals surface area (Å²) < 4.78 is 28.5. The number of aryl methyl sites for hydroxylation is 1. The van der Waals surface area contributed by atoms with Crippen molar-refractivity contribution in [3.63, 3.8) is 0 Å². The van der Waals surface area contributed by atoms with Crippen LogP contribution >= 0.6 is 0 Å². The second-order valence-corrected chi connectivity index (χ2v) is 6.44. The number of sulfonamides is 1. The second kappa shape index (κ2) is 5.73. The Morgan fingerprint density at radius 3 is 2.11 bits per heavy atom. The average Bonchev–Trinajstić information content (AvgIpc) is 2.25. The molecule has 1 heterocycles. The second-order valence-electron chi connectivity index (χ2n) is 4.52. The van der Waals surface area contributed by atoms with Crippen LogP contribution in [0, 0.1) is 6.92 Å². The van der Waals surface area contributed by atoms with Crippen molar-refractivity contribution in [2.45, 2.75) is 45.2 Å². The molecule has 2 N–H and O–H groups in total. The van der Waals surface area contributed by atoms with E-state index in [1.165, 1.54) is 6.92 Å². The summed E-state index contributed by atoms with van der Waals surface area (Å²) in [5, 5.41) is 4.26. The molecule has 0 amide bonds. The first-order chi connectivity index (χ1) is 8.21. The molecule has 0 fully saturated rings. The fraction of sp³-hybridized carbons (Fsp3) is 0.636. The van der Waals surface area contributed by atoms with Crippen LogP contribution in [-0.2, 0) is 14.8 Å². The highest BCUT2D eigenvalue weighted by atomic mass is 32.2. The van der Waals surface area contributed by atoms with Gasteiger partial charge >= 0.3 is 0 Å². The van der Waals surface area contributed by atoms with E-state index in [9.17, 15) is 8.42 Å². The first-order valence-corrected chi connectivity index (χ1v) is 7.28. The molecule has 1 aromatic heterocycles. The summed E-state index contributed by atoms with van der Waals surface area (Å²) >= 11 is 0. The molecule has 0 aliphatic carbocycles. The quantitative estimate of drug-likeness (QED) is 0.861. The summed E-state index contributed by atoms with van der Waals surface area (Å²) in [5.41, 5.74) is 0.894. The van der Waals surface area contributed by atoms with Gasteiger partial charge in [-0.2, -0.15) is 0 Å². The van der Waals surface area contributed by atoms with E-state index in [4.69, 9.17) is 9.88 Å². The van der Waals surface area contributed by atoms with Crippen LogP contribution in [0.2, 0.25) is 0 Å². The zero-order valence-electron chi connectivity index (χ0n) is 11.0. The first-order valence-electron chi connectivity index (χ1n) is 5.67. The van der Waals surface area contributed by atoms with Gasteiger partial charge in [-0.1, -0.05) is 0 Å². The van der Waals surface area contributed by atoms with Gasteiger partial charge in [-0.25, -0.2) is 23.5 Å². The van der Waals surface area contributed by atoms with Crippen molar-refractivity contribution in [1.82, 2.24) is 9.97 Å². The largest absolute Gasteiger partial charge is 0.366 e. The fourth-order valence-electron chi connectivity index (χ4n) is 1.40. The highest BCUT2D eigenvalue weighted by molar-refractivity contribution is 7.89. The smallest absolute Gasteiger partial charge is 0.214 e. The maximum Gasteiger partial charge on any atom is 0.214 e. The van der Waals surface area contributed by atoms with Gasteiger partial charge in [0.05, 0.1) is 6.10 Å². The van der Waals surface area contributed by atoms with Gasteiger partial charge in [-0.05, 0) is 33.3 Å². The Morgan fingerprint density at radius 1 is 1.22 bits per heavy atom. The van der Waals surface area contributed by atoms with Crippen LogP contribution in [0.1, 0.15) is 38.3 Å². The van der Waals surface area contributed by atoms with E-state index in [0.29, 0.717) is 5.82 Å². The Hall–Kier alpha value is -1.05. The van der Waals surface area contributed by atoms with E-state index in [2.05, 4.69) is 9.97 Å². The van der Waals surface area contributed by atoms with Gasteiger partial charge in [0.2, 0.25) is 10.0 Å². The summed E-state index contributed by atoms with van der Waals surface area (Å²) in [6, 6.07) is 0. The average molecular weight is 273 g/mol. The summed E-state index contributed by atoms with van der Waals surface area (Å²) in [6.07, 6.45) is 2.33. The molecule has 0 aliphatic rings. The molecule has 6 nitrogen and oxygen atoms in total. The third-order valence-corrected chi connectivity index (χ3v) is 3.70. The van der Waals surface area contributed by atoms with Crippen molar-refractivity contribution in [3.05, 3.63) is 23.8 Å². The number of nitrogens with zero attached hydrogens (tertiary/aromatic N) is 2. The van der Waals surface area contributed by atoms with E-state index in [1.54, 1.807) is 12.4 Å². The molecule has 0 aromatic carbocycles. The van der Waals surface area contributed by atoms with Crippen molar-refractivity contribution >= 4 is 10.0 Å². The molecule has 18 heavy (non-hydrogen) atoms. The Balaban J connectivity index is 3.09. The van der Waals surface area contributed by atoms with Gasteiger partial charge in [-0.3, -0.25) is 0 Å². The Kier molecular flexibility index (Phi) is 4.78. The molecule has 0 bridgehead atoms. The maximum absolute atomic E-state index is 11.4. The minimum atomic E-state index is -3.71. The fourth-order valence-corrected chi connectivity index (χ4v) is 1.93. The van der Waals surface area contributed by atoms with Crippen molar-refractivity contribution in [3.8, 4) is 0 Å². The van der Waals surface area contributed by atoms with E-state index < -0.39 is 21.4 Å². The molecule has 102 valence electrons. The molecule has 0 spiro atoms. The van der Waals surface area contributed by atoms with Crippen LogP contribution in [0.3, 0.4) is 0 Å². The molecule has 0 aliphatic heterocycles. The lowest BCUT2D eigenvalue weighted by Crippen LogP contribution is -2.34. The molecule has 2 atom stereocenters. The highest BCUT2D eigenvalue weighted by Crippen LogP contribution is 2.23. The predicted molar refractivity (Wildman–Crippen MR) is 68.3 cm³/mol. The lowest BCUT2D eigenvalue weighted by molar-refractivity contribution is 0.00144. The monoisotopic (exact) mass is 273 g/mol. The number of hydrogen-bond acceptors (Lipinski definition) is 5. The van der Waals surface area contributed by atoms with Crippen molar-refractivity contribution in [2.24, 2.45) is 5.14 Å². The van der Waals surface area contributed by atoms with E-state index >= 15 is 0 Å². The van der Waals surface area contributed by atoms with Crippen LogP contribution in [0.15, 0.2) is 12.4 Å². The molecule has 0 unspecified atom stereocenters. The molecular weight excluding hydrogens is 254 g/mol. The maximum atomic E-state index is 11.4. The zero-order valence-corrected chi connectivity index (χ0v) is 11.8. The van der Waals surface area contributed by atoms with Crippen LogP contribution in [0.5, 0.6) is 0 Å². The normalized spacial score (nSPS) is 15.7. The van der Waals surface area contributed by atoms with E-state index in [1.807, 2.05) is 20.8 Å². The van der Waals surface area contributed by atoms with Gasteiger partial charge in [0.15, 0.2) is 5.82 Å². The number of ether oxygens (including phenoxy) is 1. The highest BCUT2D eigenvalue weighted by Gasteiger charge is 2.31. The Bertz CT molecular complexity index is 485. The number of hydrogen-bond donors (Lipinski definition) is 1. The molecule has 1 aromatic rings. The van der Waals surface area contributed by atoms with Gasteiger partial charge in [0.25, 0.3) is 0 Å². The number of nitrogens with two attached hydrogens (primary N) is 1. The first kappa shape index (κ1) is 15.0. The summed E-state index contributed by atoms with van der Waals surface area (Å²) in [7, 11) is -3.71. The summed E-state index contributed by atoms with van der Waals surface area (Å²) in [5.74, 6) is 0.329. The number of rotatable bonds is 5. The SMILES string of the molecule is Cc1cnc([C@@H](OC(C)C)[C@@H](C)S(N)(=O)=O)nc1. The third-order valence-electron chi connectivity index (χ3n) is 2.42. The van der Waals surface area contributed by atoms with Gasteiger partial charge < -0.3 is 4.74 Å².